The Balaban J connectivity index is 2.26. The van der Waals surface area contributed by atoms with Gasteiger partial charge in [-0.05, 0) is 30.9 Å². The van der Waals surface area contributed by atoms with Crippen LogP contribution in [0.25, 0.3) is 0 Å². The monoisotopic (exact) mass is 207 g/mol. The number of alkyl halides is 1. The van der Waals surface area contributed by atoms with Gasteiger partial charge in [-0.15, -0.1) is 0 Å². The number of hydrogen-bond donors (Lipinski definition) is 1. The largest absolute Gasteiger partial charge is 0.325 e. The molecule has 0 aliphatic heterocycles. The maximum Gasteiger partial charge on any atom is 0.122 e. The summed E-state index contributed by atoms with van der Waals surface area (Å²) in [5.74, 6) is 0.00921. The Hall–Kier alpha value is -0.890. The van der Waals surface area contributed by atoms with Crippen molar-refractivity contribution in [2.75, 3.05) is 0 Å². The van der Waals surface area contributed by atoms with Crippen molar-refractivity contribution in [1.82, 2.24) is 0 Å². The first-order chi connectivity index (χ1) is 7.20. The lowest BCUT2D eigenvalue weighted by atomic mass is 9.79. The molecule has 15 heavy (non-hydrogen) atoms. The van der Waals surface area contributed by atoms with Crippen LogP contribution in [0.4, 0.5) is 4.39 Å². The second-order valence-electron chi connectivity index (χ2n) is 4.50. The van der Waals surface area contributed by atoms with Gasteiger partial charge in [0.25, 0.3) is 0 Å². The molecule has 0 spiro atoms. The Morgan fingerprint density at radius 3 is 2.73 bits per heavy atom. The lowest BCUT2D eigenvalue weighted by Crippen LogP contribution is -2.39. The zero-order valence-corrected chi connectivity index (χ0v) is 9.12. The van der Waals surface area contributed by atoms with Gasteiger partial charge in [0.2, 0.25) is 0 Å². The van der Waals surface area contributed by atoms with E-state index in [2.05, 4.69) is 0 Å². The van der Waals surface area contributed by atoms with E-state index in [0.29, 0.717) is 0 Å². The quantitative estimate of drug-likeness (QED) is 0.752. The molecule has 0 saturated heterocycles. The van der Waals surface area contributed by atoms with Gasteiger partial charge in [0.1, 0.15) is 6.17 Å². The van der Waals surface area contributed by atoms with Crippen LogP contribution in [0.15, 0.2) is 24.3 Å². The van der Waals surface area contributed by atoms with Crippen LogP contribution in [0.2, 0.25) is 0 Å². The van der Waals surface area contributed by atoms with Crippen molar-refractivity contribution >= 4 is 0 Å². The molecule has 0 radical (unpaired) electrons. The molecule has 0 amide bonds. The first kappa shape index (κ1) is 10.6. The molecule has 82 valence electrons. The molecular weight excluding hydrogens is 189 g/mol. The molecule has 1 nitrogen and oxygen atoms in total. The summed E-state index contributed by atoms with van der Waals surface area (Å²) in [4.78, 5) is 0. The smallest absolute Gasteiger partial charge is 0.122 e. The lowest BCUT2D eigenvalue weighted by Gasteiger charge is -2.32. The van der Waals surface area contributed by atoms with Crippen molar-refractivity contribution in [3.63, 3.8) is 0 Å². The van der Waals surface area contributed by atoms with Gasteiger partial charge in [0, 0.05) is 12.0 Å². The number of nitrogens with two attached hydrogens (primary N) is 1. The molecule has 3 unspecified atom stereocenters. The van der Waals surface area contributed by atoms with E-state index in [-0.39, 0.29) is 12.0 Å². The minimum Gasteiger partial charge on any atom is -0.325 e. The van der Waals surface area contributed by atoms with E-state index < -0.39 is 6.17 Å². The van der Waals surface area contributed by atoms with Crippen molar-refractivity contribution in [3.05, 3.63) is 35.4 Å². The van der Waals surface area contributed by atoms with Gasteiger partial charge in [-0.1, -0.05) is 30.7 Å². The van der Waals surface area contributed by atoms with Gasteiger partial charge in [0.15, 0.2) is 0 Å². The van der Waals surface area contributed by atoms with Crippen LogP contribution < -0.4 is 5.73 Å². The fourth-order valence-electron chi connectivity index (χ4n) is 2.52. The zero-order valence-electron chi connectivity index (χ0n) is 9.12. The highest BCUT2D eigenvalue weighted by Gasteiger charge is 2.32. The molecule has 3 atom stereocenters. The van der Waals surface area contributed by atoms with Gasteiger partial charge in [-0.3, -0.25) is 0 Å². The number of hydrogen-bond acceptors (Lipinski definition) is 1. The van der Waals surface area contributed by atoms with E-state index in [9.17, 15) is 4.39 Å². The van der Waals surface area contributed by atoms with Crippen molar-refractivity contribution < 1.29 is 4.39 Å². The highest BCUT2D eigenvalue weighted by molar-refractivity contribution is 5.30. The molecule has 1 aromatic carbocycles. The summed E-state index contributed by atoms with van der Waals surface area (Å²) in [6, 6.07) is 7.78. The van der Waals surface area contributed by atoms with E-state index in [1.807, 2.05) is 31.2 Å². The SMILES string of the molecule is Cc1ccccc1C1CCCC(N)C1F. The predicted octanol–water partition coefficient (Wildman–Crippen LogP) is 2.93. The minimum absolute atomic E-state index is 0.00921. The highest BCUT2D eigenvalue weighted by Crippen LogP contribution is 2.35. The van der Waals surface area contributed by atoms with Gasteiger partial charge >= 0.3 is 0 Å². The summed E-state index contributed by atoms with van der Waals surface area (Å²) in [6.07, 6.45) is 1.92. The fraction of sp³-hybridized carbons (Fsp3) is 0.538. The van der Waals surface area contributed by atoms with Crippen molar-refractivity contribution in [3.8, 4) is 0 Å². The van der Waals surface area contributed by atoms with E-state index >= 15 is 0 Å². The number of aryl methyl sites for hydroxylation is 1. The van der Waals surface area contributed by atoms with Gasteiger partial charge < -0.3 is 5.73 Å². The molecular formula is C13H18FN. The molecule has 2 heteroatoms. The summed E-state index contributed by atoms with van der Waals surface area (Å²) in [5.41, 5.74) is 8.10. The standard InChI is InChI=1S/C13H18FN/c1-9-5-2-3-6-10(9)11-7-4-8-12(15)13(11)14/h2-3,5-6,11-13H,4,7-8,15H2,1H3. The third-order valence-corrected chi connectivity index (χ3v) is 3.43. The zero-order chi connectivity index (χ0) is 10.8. The Kier molecular flexibility index (Phi) is 3.06. The molecule has 1 aromatic rings. The Labute approximate surface area is 90.5 Å². The molecule has 1 aliphatic carbocycles. The van der Waals surface area contributed by atoms with Crippen LogP contribution in [0.3, 0.4) is 0 Å². The number of benzene rings is 1. The fourth-order valence-corrected chi connectivity index (χ4v) is 2.52. The highest BCUT2D eigenvalue weighted by atomic mass is 19.1. The number of halogens is 1. The maximum atomic E-state index is 14.0. The summed E-state index contributed by atoms with van der Waals surface area (Å²) in [7, 11) is 0. The maximum absolute atomic E-state index is 14.0. The lowest BCUT2D eigenvalue weighted by molar-refractivity contribution is 0.186. The summed E-state index contributed by atoms with van der Waals surface area (Å²) in [5, 5.41) is 0. The normalized spacial score (nSPS) is 31.5. The van der Waals surface area contributed by atoms with Crippen LogP contribution in [-0.4, -0.2) is 12.2 Å². The van der Waals surface area contributed by atoms with Gasteiger partial charge in [-0.2, -0.15) is 0 Å². The van der Waals surface area contributed by atoms with Crippen LogP contribution in [0.1, 0.15) is 36.3 Å². The molecule has 1 aliphatic rings. The topological polar surface area (TPSA) is 26.0 Å². The third-order valence-electron chi connectivity index (χ3n) is 3.43. The van der Waals surface area contributed by atoms with Crippen molar-refractivity contribution in [2.24, 2.45) is 5.73 Å². The molecule has 2 N–H and O–H groups in total. The predicted molar refractivity (Wildman–Crippen MR) is 60.6 cm³/mol. The Morgan fingerprint density at radius 2 is 2.00 bits per heavy atom. The molecule has 0 aromatic heterocycles. The second kappa shape index (κ2) is 4.31. The average molecular weight is 207 g/mol. The van der Waals surface area contributed by atoms with E-state index in [0.717, 1.165) is 24.8 Å². The van der Waals surface area contributed by atoms with Crippen LogP contribution in [0.5, 0.6) is 0 Å². The number of rotatable bonds is 1. The molecule has 1 fully saturated rings. The first-order valence-electron chi connectivity index (χ1n) is 5.65. The molecule has 2 rings (SSSR count). The van der Waals surface area contributed by atoms with Crippen LogP contribution in [-0.2, 0) is 0 Å². The molecule has 0 bridgehead atoms. The van der Waals surface area contributed by atoms with Crippen LogP contribution in [0, 0.1) is 6.92 Å². The third kappa shape index (κ3) is 2.05. The van der Waals surface area contributed by atoms with E-state index in [1.54, 1.807) is 0 Å². The van der Waals surface area contributed by atoms with Gasteiger partial charge in [-0.25, -0.2) is 4.39 Å². The van der Waals surface area contributed by atoms with Crippen molar-refractivity contribution in [2.45, 2.75) is 44.3 Å². The summed E-state index contributed by atoms with van der Waals surface area (Å²) in [6.45, 7) is 2.04. The average Bonchev–Trinajstić information content (AvgIpc) is 2.23. The minimum atomic E-state index is -0.875. The summed E-state index contributed by atoms with van der Waals surface area (Å²) < 4.78 is 14.0. The summed E-state index contributed by atoms with van der Waals surface area (Å²) >= 11 is 0. The van der Waals surface area contributed by atoms with E-state index in [1.165, 1.54) is 5.56 Å². The van der Waals surface area contributed by atoms with E-state index in [4.69, 9.17) is 5.73 Å². The molecule has 1 saturated carbocycles. The Morgan fingerprint density at radius 1 is 1.27 bits per heavy atom. The van der Waals surface area contributed by atoms with Crippen LogP contribution >= 0.6 is 0 Å². The first-order valence-corrected chi connectivity index (χ1v) is 5.65. The second-order valence-corrected chi connectivity index (χ2v) is 4.50. The molecule has 0 heterocycles. The van der Waals surface area contributed by atoms with Gasteiger partial charge in [0.05, 0.1) is 0 Å². The Bertz CT molecular complexity index is 337. The van der Waals surface area contributed by atoms with Crippen molar-refractivity contribution in [1.29, 1.82) is 0 Å².